The van der Waals surface area contributed by atoms with Crippen molar-refractivity contribution in [1.29, 1.82) is 0 Å². The predicted molar refractivity (Wildman–Crippen MR) is 103 cm³/mol. The number of alkyl halides is 3. The molecule has 2 fully saturated rings. The molecule has 3 heterocycles. The maximum absolute atomic E-state index is 13.2. The summed E-state index contributed by atoms with van der Waals surface area (Å²) in [5, 5.41) is 0.941. The summed E-state index contributed by atoms with van der Waals surface area (Å²) >= 11 is 0. The molecule has 1 saturated heterocycles. The van der Waals surface area contributed by atoms with Crippen LogP contribution in [0.25, 0.3) is 12.3 Å². The SMILES string of the molecule is Cc1nc(NOc2cccc(C(F)(F)F)c2C)c2c(n1)=CC(=O)/[N+](=C1/[C@H]3COC[C@@H]13)C=2. The second-order valence-corrected chi connectivity index (χ2v) is 7.71. The highest BCUT2D eigenvalue weighted by atomic mass is 19.4. The zero-order chi connectivity index (χ0) is 21.9. The van der Waals surface area contributed by atoms with Crippen molar-refractivity contribution in [3.8, 4) is 5.75 Å². The van der Waals surface area contributed by atoms with E-state index in [0.717, 1.165) is 11.8 Å². The maximum Gasteiger partial charge on any atom is 0.419 e. The van der Waals surface area contributed by atoms with Gasteiger partial charge in [0, 0.05) is 5.56 Å². The number of aromatic nitrogens is 2. The molecule has 1 saturated carbocycles. The van der Waals surface area contributed by atoms with E-state index in [0.29, 0.717) is 29.6 Å². The molecule has 2 aliphatic heterocycles. The van der Waals surface area contributed by atoms with Gasteiger partial charge in [-0.15, -0.1) is 4.58 Å². The molecule has 0 bridgehead atoms. The second-order valence-electron chi connectivity index (χ2n) is 7.71. The average Bonchev–Trinajstić information content (AvgIpc) is 3.15. The molecule has 5 rings (SSSR count). The van der Waals surface area contributed by atoms with Gasteiger partial charge in [0.05, 0.1) is 42.0 Å². The highest BCUT2D eigenvalue weighted by molar-refractivity contribution is 6.09. The zero-order valence-electron chi connectivity index (χ0n) is 16.7. The largest absolute Gasteiger partial charge is 0.419 e. The minimum Gasteiger partial charge on any atom is -0.380 e. The number of hydrogen-bond donors (Lipinski definition) is 1. The van der Waals surface area contributed by atoms with E-state index in [1.807, 2.05) is 0 Å². The average molecular weight is 431 g/mol. The number of carbonyl (C=O) groups is 1. The van der Waals surface area contributed by atoms with Crippen molar-refractivity contribution in [2.75, 3.05) is 18.7 Å². The first-order valence-corrected chi connectivity index (χ1v) is 9.69. The Balaban J connectivity index is 1.52. The summed E-state index contributed by atoms with van der Waals surface area (Å²) in [6.45, 7) is 4.18. The Labute approximate surface area is 174 Å². The third-order valence-corrected chi connectivity index (χ3v) is 5.70. The molecular weight excluding hydrogens is 413 g/mol. The van der Waals surface area contributed by atoms with E-state index in [4.69, 9.17) is 9.57 Å². The Morgan fingerprint density at radius 2 is 1.94 bits per heavy atom. The topological polar surface area (TPSA) is 76.4 Å². The van der Waals surface area contributed by atoms with E-state index in [9.17, 15) is 18.0 Å². The first-order chi connectivity index (χ1) is 14.7. The van der Waals surface area contributed by atoms with Gasteiger partial charge in [-0.2, -0.15) is 13.2 Å². The van der Waals surface area contributed by atoms with Gasteiger partial charge in [-0.05, 0) is 26.0 Å². The molecule has 1 N–H and O–H groups in total. The predicted octanol–water partition coefficient (Wildman–Crippen LogP) is 1.31. The fraction of sp³-hybridized carbons (Fsp3) is 0.333. The minimum atomic E-state index is -4.49. The molecule has 0 unspecified atom stereocenters. The van der Waals surface area contributed by atoms with Gasteiger partial charge in [0.2, 0.25) is 0 Å². The number of fused-ring (bicyclic) bond motifs is 2. The van der Waals surface area contributed by atoms with E-state index < -0.39 is 11.7 Å². The number of aryl methyl sites for hydroxylation is 1. The summed E-state index contributed by atoms with van der Waals surface area (Å²) < 4.78 is 46.5. The van der Waals surface area contributed by atoms with E-state index in [-0.39, 0.29) is 34.9 Å². The fourth-order valence-electron chi connectivity index (χ4n) is 4.08. The van der Waals surface area contributed by atoms with Crippen LogP contribution in [0.15, 0.2) is 18.2 Å². The van der Waals surface area contributed by atoms with Crippen molar-refractivity contribution in [3.05, 3.63) is 45.7 Å². The number of benzene rings is 1. The Morgan fingerprint density at radius 3 is 2.65 bits per heavy atom. The molecule has 31 heavy (non-hydrogen) atoms. The Morgan fingerprint density at radius 1 is 1.19 bits per heavy atom. The molecule has 0 radical (unpaired) electrons. The van der Waals surface area contributed by atoms with Crippen molar-refractivity contribution >= 4 is 29.7 Å². The van der Waals surface area contributed by atoms with Gasteiger partial charge in [-0.1, -0.05) is 6.07 Å². The molecule has 0 spiro atoms. The lowest BCUT2D eigenvalue weighted by atomic mass is 10.1. The molecule has 1 aromatic heterocycles. The molecule has 10 heteroatoms. The van der Waals surface area contributed by atoms with Crippen LogP contribution in [0, 0.1) is 25.7 Å². The smallest absolute Gasteiger partial charge is 0.380 e. The lowest BCUT2D eigenvalue weighted by Gasteiger charge is -2.15. The third-order valence-electron chi connectivity index (χ3n) is 5.70. The van der Waals surface area contributed by atoms with Crippen molar-refractivity contribution in [2.24, 2.45) is 11.8 Å². The summed E-state index contributed by atoms with van der Waals surface area (Å²) in [4.78, 5) is 26.7. The monoisotopic (exact) mass is 431 g/mol. The van der Waals surface area contributed by atoms with Crippen LogP contribution in [-0.2, 0) is 15.7 Å². The van der Waals surface area contributed by atoms with Crippen LogP contribution in [0.1, 0.15) is 17.0 Å². The van der Waals surface area contributed by atoms with Crippen LogP contribution >= 0.6 is 0 Å². The molecule has 1 aromatic carbocycles. The van der Waals surface area contributed by atoms with E-state index >= 15 is 0 Å². The summed E-state index contributed by atoms with van der Waals surface area (Å²) in [6.07, 6.45) is -1.41. The van der Waals surface area contributed by atoms with Gasteiger partial charge >= 0.3 is 12.1 Å². The summed E-state index contributed by atoms with van der Waals surface area (Å²) in [5.41, 5.74) is 2.83. The molecule has 160 valence electrons. The summed E-state index contributed by atoms with van der Waals surface area (Å²) in [7, 11) is 0. The number of nitrogens with zero attached hydrogens (tertiary/aromatic N) is 3. The van der Waals surface area contributed by atoms with Crippen molar-refractivity contribution in [2.45, 2.75) is 20.0 Å². The van der Waals surface area contributed by atoms with Crippen LogP contribution in [0.4, 0.5) is 19.0 Å². The third kappa shape index (κ3) is 3.36. The first-order valence-electron chi connectivity index (χ1n) is 9.69. The lowest BCUT2D eigenvalue weighted by Crippen LogP contribution is -2.41. The first kappa shape index (κ1) is 19.7. The Bertz CT molecular complexity index is 1260. The van der Waals surface area contributed by atoms with E-state index in [2.05, 4.69) is 15.4 Å². The van der Waals surface area contributed by atoms with Crippen molar-refractivity contribution in [1.82, 2.24) is 9.97 Å². The summed E-state index contributed by atoms with van der Waals surface area (Å²) in [6, 6.07) is 3.71. The number of amides is 1. The minimum absolute atomic E-state index is 0.0239. The number of halogens is 3. The number of anilines is 1. The van der Waals surface area contributed by atoms with Gasteiger partial charge in [0.25, 0.3) is 0 Å². The van der Waals surface area contributed by atoms with Gasteiger partial charge < -0.3 is 9.57 Å². The molecular formula is C21H18F3N4O3+. The Kier molecular flexibility index (Phi) is 4.37. The second kappa shape index (κ2) is 6.88. The number of hydrogen-bond acceptors (Lipinski definition) is 6. The van der Waals surface area contributed by atoms with Crippen LogP contribution in [0.3, 0.4) is 0 Å². The number of nitrogens with one attached hydrogen (secondary N) is 1. The van der Waals surface area contributed by atoms with Gasteiger partial charge in [0.15, 0.2) is 23.5 Å². The number of rotatable bonds is 3. The normalized spacial score (nSPS) is 24.1. The highest BCUT2D eigenvalue weighted by Gasteiger charge is 2.59. The van der Waals surface area contributed by atoms with E-state index in [1.54, 1.807) is 17.7 Å². The molecule has 1 amide bonds. The van der Waals surface area contributed by atoms with Crippen LogP contribution in [-0.4, -0.2) is 39.4 Å². The number of carbonyl (C=O) groups excluding carboxylic acids is 1. The van der Waals surface area contributed by atoms with Gasteiger partial charge in [0.1, 0.15) is 11.0 Å². The fourth-order valence-corrected chi connectivity index (χ4v) is 4.08. The standard InChI is InChI=1S/C21H17F3N4O3/c1-10-15(21(22,23)24)4-3-5-17(10)31-27-20-12-7-28(19-13-8-30-9-14(13)19)18(29)6-16(12)25-11(2)26-20/h3-7,13-14H,8-9H2,1-2H3/p+1/b28-19-/t13-,14+/m0/s1. The molecule has 2 atom stereocenters. The van der Waals surface area contributed by atoms with Gasteiger partial charge in [-0.25, -0.2) is 20.2 Å². The maximum atomic E-state index is 13.2. The van der Waals surface area contributed by atoms with Crippen LogP contribution in [0.5, 0.6) is 5.75 Å². The zero-order valence-corrected chi connectivity index (χ0v) is 16.7. The van der Waals surface area contributed by atoms with Gasteiger partial charge in [-0.3, -0.25) is 0 Å². The summed E-state index contributed by atoms with van der Waals surface area (Å²) in [5.74, 6) is 0.951. The quantitative estimate of drug-likeness (QED) is 0.584. The van der Waals surface area contributed by atoms with Crippen molar-refractivity contribution < 1.29 is 32.1 Å². The molecule has 2 aromatic rings. The molecule has 3 aliphatic rings. The molecule has 7 nitrogen and oxygen atoms in total. The van der Waals surface area contributed by atoms with Crippen LogP contribution in [0.2, 0.25) is 0 Å². The Hall–Kier alpha value is -3.27. The van der Waals surface area contributed by atoms with E-state index in [1.165, 1.54) is 25.1 Å². The lowest BCUT2D eigenvalue weighted by molar-refractivity contribution is -0.341. The van der Waals surface area contributed by atoms with Crippen LogP contribution < -0.4 is 20.9 Å². The molecule has 1 aliphatic carbocycles. The van der Waals surface area contributed by atoms with Crippen molar-refractivity contribution in [3.63, 3.8) is 0 Å². The highest BCUT2D eigenvalue weighted by Crippen LogP contribution is 2.40. The number of ether oxygens (including phenoxy) is 1.